The van der Waals surface area contributed by atoms with Gasteiger partial charge in [0.05, 0.1) is 23.5 Å². The number of nitrogens with two attached hydrogens (primary N) is 1. The molecular formula is C14H12N4O5. The average Bonchev–Trinajstić information content (AvgIpc) is 3.20. The summed E-state index contributed by atoms with van der Waals surface area (Å²) in [6, 6.07) is 7.01. The highest BCUT2D eigenvalue weighted by molar-refractivity contribution is 5.70. The molecule has 0 aliphatic carbocycles. The van der Waals surface area contributed by atoms with Crippen LogP contribution in [0.4, 0.5) is 10.5 Å². The minimum Gasteiger partial charge on any atom is -0.424 e. The van der Waals surface area contributed by atoms with Gasteiger partial charge in [0.25, 0.3) is 0 Å². The van der Waals surface area contributed by atoms with Gasteiger partial charge in [-0.1, -0.05) is 0 Å². The Morgan fingerprint density at radius 1 is 1.43 bits per heavy atom. The Morgan fingerprint density at radius 3 is 3.00 bits per heavy atom. The van der Waals surface area contributed by atoms with Gasteiger partial charge in [-0.15, -0.1) is 0 Å². The Balaban J connectivity index is 1.92. The molecule has 4 atom stereocenters. The SMILES string of the molecule is N#C[C@@]1(c2ccc3c(N)ccnn23)O[C@H](CO)[C@H]2OC(=O)O[C@H]21. The highest BCUT2D eigenvalue weighted by Crippen LogP contribution is 2.45. The van der Waals surface area contributed by atoms with Crippen LogP contribution >= 0.6 is 0 Å². The highest BCUT2D eigenvalue weighted by Gasteiger charge is 2.65. The first-order valence-corrected chi connectivity index (χ1v) is 6.90. The van der Waals surface area contributed by atoms with Crippen LogP contribution in [0, 0.1) is 11.3 Å². The van der Waals surface area contributed by atoms with E-state index in [4.69, 9.17) is 19.9 Å². The van der Waals surface area contributed by atoms with E-state index in [9.17, 15) is 15.2 Å². The molecule has 2 aromatic heterocycles. The standard InChI is InChI=1S/C14H12N4O5/c15-6-14(10-2-1-8-7(16)3-4-17-18(8)10)12-11(9(5-19)23-14)21-13(20)22-12/h1-4,9,11-12,19H,5,16H2/t9-,11-,12-,14+/m1/s1. The van der Waals surface area contributed by atoms with Crippen LogP contribution in [0.2, 0.25) is 0 Å². The third-order valence-electron chi connectivity index (χ3n) is 4.17. The molecule has 0 radical (unpaired) electrons. The first-order chi connectivity index (χ1) is 11.1. The van der Waals surface area contributed by atoms with Crippen LogP contribution in [-0.2, 0) is 19.8 Å². The summed E-state index contributed by atoms with van der Waals surface area (Å²) < 4.78 is 17.4. The Kier molecular flexibility index (Phi) is 2.75. The van der Waals surface area contributed by atoms with Crippen LogP contribution in [0.3, 0.4) is 0 Å². The molecule has 0 amide bonds. The molecule has 23 heavy (non-hydrogen) atoms. The van der Waals surface area contributed by atoms with Crippen molar-refractivity contribution in [2.75, 3.05) is 12.3 Å². The van der Waals surface area contributed by atoms with Crippen LogP contribution in [0.25, 0.3) is 5.52 Å². The number of carbonyl (C=O) groups is 1. The lowest BCUT2D eigenvalue weighted by molar-refractivity contribution is -0.0817. The summed E-state index contributed by atoms with van der Waals surface area (Å²) in [4.78, 5) is 11.5. The number of anilines is 1. The minimum absolute atomic E-state index is 0.353. The molecule has 9 heteroatoms. The monoisotopic (exact) mass is 316 g/mol. The van der Waals surface area contributed by atoms with Gasteiger partial charge in [-0.25, -0.2) is 9.31 Å². The molecule has 0 bridgehead atoms. The van der Waals surface area contributed by atoms with E-state index >= 15 is 0 Å². The van der Waals surface area contributed by atoms with E-state index in [-0.39, 0.29) is 0 Å². The van der Waals surface area contributed by atoms with Crippen molar-refractivity contribution in [3.63, 3.8) is 0 Å². The van der Waals surface area contributed by atoms with Gasteiger partial charge in [0, 0.05) is 6.20 Å². The Bertz CT molecular complexity index is 843. The number of nitrogen functional groups attached to an aromatic ring is 1. The van der Waals surface area contributed by atoms with Crippen LogP contribution in [0.5, 0.6) is 0 Å². The predicted molar refractivity (Wildman–Crippen MR) is 74.0 cm³/mol. The third kappa shape index (κ3) is 1.67. The number of aliphatic hydroxyl groups excluding tert-OH is 1. The molecule has 2 aromatic rings. The summed E-state index contributed by atoms with van der Waals surface area (Å²) in [6.45, 7) is -0.417. The molecule has 4 rings (SSSR count). The topological polar surface area (TPSA) is 132 Å². The number of nitrogens with zero attached hydrogens (tertiary/aromatic N) is 3. The summed E-state index contributed by atoms with van der Waals surface area (Å²) in [6.07, 6.45) is -2.13. The first-order valence-electron chi connectivity index (χ1n) is 6.90. The molecule has 4 heterocycles. The second-order valence-electron chi connectivity index (χ2n) is 5.36. The van der Waals surface area contributed by atoms with E-state index in [1.807, 2.05) is 0 Å². The van der Waals surface area contributed by atoms with Gasteiger partial charge >= 0.3 is 6.16 Å². The molecule has 118 valence electrons. The highest BCUT2D eigenvalue weighted by atomic mass is 16.8. The molecule has 0 unspecified atom stereocenters. The lowest BCUT2D eigenvalue weighted by Crippen LogP contribution is -2.39. The van der Waals surface area contributed by atoms with Gasteiger partial charge in [-0.05, 0) is 18.2 Å². The maximum atomic E-state index is 11.5. The van der Waals surface area contributed by atoms with Crippen LogP contribution in [0.1, 0.15) is 5.69 Å². The second-order valence-corrected chi connectivity index (χ2v) is 5.36. The normalized spacial score (nSPS) is 32.3. The van der Waals surface area contributed by atoms with Gasteiger partial charge in [-0.3, -0.25) is 0 Å². The fourth-order valence-corrected chi connectivity index (χ4v) is 3.14. The molecular weight excluding hydrogens is 304 g/mol. The molecule has 2 aliphatic rings. The van der Waals surface area contributed by atoms with E-state index in [1.54, 1.807) is 18.2 Å². The van der Waals surface area contributed by atoms with E-state index in [0.29, 0.717) is 16.9 Å². The van der Waals surface area contributed by atoms with Gasteiger partial charge in [0.2, 0.25) is 5.60 Å². The zero-order valence-electron chi connectivity index (χ0n) is 11.7. The number of aliphatic hydroxyl groups is 1. The van der Waals surface area contributed by atoms with Crippen LogP contribution in [-0.4, -0.2) is 45.8 Å². The van der Waals surface area contributed by atoms with E-state index < -0.39 is 36.7 Å². The van der Waals surface area contributed by atoms with Crippen molar-refractivity contribution in [2.24, 2.45) is 0 Å². The number of hydrogen-bond donors (Lipinski definition) is 2. The maximum Gasteiger partial charge on any atom is 0.509 e. The number of hydrogen-bond acceptors (Lipinski definition) is 8. The number of nitriles is 1. The lowest BCUT2D eigenvalue weighted by Gasteiger charge is -2.24. The van der Waals surface area contributed by atoms with Crippen molar-refractivity contribution >= 4 is 17.4 Å². The third-order valence-corrected chi connectivity index (χ3v) is 4.17. The summed E-state index contributed by atoms with van der Waals surface area (Å²) in [5.74, 6) is 0. The predicted octanol–water partition coefficient (Wildman–Crippen LogP) is -0.0695. The Labute approximate surface area is 129 Å². The first kappa shape index (κ1) is 13.8. The fourth-order valence-electron chi connectivity index (χ4n) is 3.14. The Hall–Kier alpha value is -2.83. The summed E-state index contributed by atoms with van der Waals surface area (Å²) >= 11 is 0. The molecule has 0 aromatic carbocycles. The van der Waals surface area contributed by atoms with Gasteiger partial charge in [0.1, 0.15) is 12.2 Å². The molecule has 9 nitrogen and oxygen atoms in total. The summed E-state index contributed by atoms with van der Waals surface area (Å²) in [7, 11) is 0. The number of fused-ring (bicyclic) bond motifs is 2. The van der Waals surface area contributed by atoms with Gasteiger partial charge in [-0.2, -0.15) is 10.4 Å². The number of ether oxygens (including phenoxy) is 3. The van der Waals surface area contributed by atoms with Crippen molar-refractivity contribution in [1.82, 2.24) is 9.61 Å². The zero-order valence-corrected chi connectivity index (χ0v) is 11.7. The number of aromatic nitrogens is 2. The van der Waals surface area contributed by atoms with Crippen LogP contribution in [0.15, 0.2) is 24.4 Å². The number of rotatable bonds is 2. The zero-order chi connectivity index (χ0) is 16.2. The molecule has 2 fully saturated rings. The Morgan fingerprint density at radius 2 is 2.26 bits per heavy atom. The van der Waals surface area contributed by atoms with E-state index in [0.717, 1.165) is 0 Å². The van der Waals surface area contributed by atoms with E-state index in [2.05, 4.69) is 11.2 Å². The van der Waals surface area contributed by atoms with Crippen molar-refractivity contribution < 1.29 is 24.1 Å². The van der Waals surface area contributed by atoms with Crippen molar-refractivity contribution in [2.45, 2.75) is 23.9 Å². The van der Waals surface area contributed by atoms with Gasteiger partial charge < -0.3 is 25.1 Å². The largest absolute Gasteiger partial charge is 0.509 e. The van der Waals surface area contributed by atoms with Crippen molar-refractivity contribution in [3.8, 4) is 6.07 Å². The quantitative estimate of drug-likeness (QED) is 0.736. The average molecular weight is 316 g/mol. The van der Waals surface area contributed by atoms with Crippen molar-refractivity contribution in [3.05, 3.63) is 30.1 Å². The van der Waals surface area contributed by atoms with Crippen LogP contribution < -0.4 is 5.73 Å². The van der Waals surface area contributed by atoms with E-state index in [1.165, 1.54) is 10.7 Å². The minimum atomic E-state index is -1.64. The lowest BCUT2D eigenvalue weighted by atomic mass is 9.92. The smallest absolute Gasteiger partial charge is 0.424 e. The molecule has 3 N–H and O–H groups in total. The second kappa shape index (κ2) is 4.58. The molecule has 0 saturated carbocycles. The maximum absolute atomic E-state index is 11.5. The number of carbonyl (C=O) groups excluding carboxylic acids is 1. The summed E-state index contributed by atoms with van der Waals surface area (Å²) in [5.41, 5.74) is 5.68. The molecule has 0 spiro atoms. The van der Waals surface area contributed by atoms with Gasteiger partial charge in [0.15, 0.2) is 12.2 Å². The molecule has 2 aliphatic heterocycles. The molecule has 2 saturated heterocycles. The fraction of sp³-hybridized carbons (Fsp3) is 0.357. The van der Waals surface area contributed by atoms with Crippen molar-refractivity contribution in [1.29, 1.82) is 5.26 Å². The summed E-state index contributed by atoms with van der Waals surface area (Å²) in [5, 5.41) is 23.4.